The van der Waals surface area contributed by atoms with Crippen molar-refractivity contribution in [3.8, 4) is 5.69 Å². The average molecular weight is 322 g/mol. The van der Waals surface area contributed by atoms with E-state index in [9.17, 15) is 4.79 Å². The Morgan fingerprint density at radius 3 is 2.95 bits per heavy atom. The molecule has 118 valence electrons. The van der Waals surface area contributed by atoms with Gasteiger partial charge in [0.1, 0.15) is 0 Å². The molecular weight excluding hydrogens is 302 g/mol. The van der Waals surface area contributed by atoms with E-state index in [1.807, 2.05) is 26.0 Å². The van der Waals surface area contributed by atoms with Crippen LogP contribution >= 0.6 is 11.6 Å². The van der Waals surface area contributed by atoms with E-state index in [0.717, 1.165) is 11.4 Å². The summed E-state index contributed by atoms with van der Waals surface area (Å²) < 4.78 is 1.69. The lowest BCUT2D eigenvalue weighted by atomic mass is 10.1. The van der Waals surface area contributed by atoms with Gasteiger partial charge in [0.25, 0.3) is 5.91 Å². The topological polar surface area (TPSA) is 67.2 Å². The van der Waals surface area contributed by atoms with Gasteiger partial charge in [-0.05, 0) is 37.5 Å². The van der Waals surface area contributed by atoms with Crippen LogP contribution in [-0.4, -0.2) is 33.9 Å². The second-order valence-electron chi connectivity index (χ2n) is 5.36. The third-order valence-electron chi connectivity index (χ3n) is 3.54. The average Bonchev–Trinajstić information content (AvgIpc) is 2.87. The molecule has 6 heteroatoms. The number of aliphatic hydroxyl groups excluding tert-OH is 1. The van der Waals surface area contributed by atoms with Crippen LogP contribution < -0.4 is 5.32 Å². The number of hydrogen-bond acceptors (Lipinski definition) is 3. The Labute approximate surface area is 134 Å². The molecule has 1 unspecified atom stereocenters. The lowest BCUT2D eigenvalue weighted by Gasteiger charge is -2.11. The minimum absolute atomic E-state index is 0.128. The summed E-state index contributed by atoms with van der Waals surface area (Å²) in [7, 11) is 0. The van der Waals surface area contributed by atoms with E-state index in [-0.39, 0.29) is 18.4 Å². The van der Waals surface area contributed by atoms with Crippen LogP contribution in [0.2, 0.25) is 5.02 Å². The molecule has 0 aliphatic rings. The lowest BCUT2D eigenvalue weighted by Crippen LogP contribution is -2.29. The summed E-state index contributed by atoms with van der Waals surface area (Å²) in [5.74, 6) is 0.0767. The molecule has 1 heterocycles. The zero-order chi connectivity index (χ0) is 16.1. The largest absolute Gasteiger partial charge is 0.396 e. The highest BCUT2D eigenvalue weighted by Crippen LogP contribution is 2.18. The number of benzene rings is 1. The van der Waals surface area contributed by atoms with Gasteiger partial charge < -0.3 is 10.4 Å². The zero-order valence-corrected chi connectivity index (χ0v) is 13.5. The Morgan fingerprint density at radius 2 is 2.27 bits per heavy atom. The van der Waals surface area contributed by atoms with Gasteiger partial charge in [0.05, 0.1) is 23.1 Å². The number of halogens is 1. The van der Waals surface area contributed by atoms with Crippen LogP contribution in [0.5, 0.6) is 0 Å². The summed E-state index contributed by atoms with van der Waals surface area (Å²) in [6.45, 7) is 4.49. The van der Waals surface area contributed by atoms with E-state index in [2.05, 4.69) is 10.4 Å². The van der Waals surface area contributed by atoms with E-state index in [4.69, 9.17) is 16.7 Å². The summed E-state index contributed by atoms with van der Waals surface area (Å²) in [6, 6.07) is 7.32. The van der Waals surface area contributed by atoms with Gasteiger partial charge in [-0.1, -0.05) is 24.6 Å². The number of aliphatic hydroxyl groups is 1. The molecule has 2 aromatic rings. The van der Waals surface area contributed by atoms with Gasteiger partial charge in [-0.3, -0.25) is 4.79 Å². The highest BCUT2D eigenvalue weighted by molar-refractivity contribution is 6.30. The molecule has 0 spiro atoms. The van der Waals surface area contributed by atoms with Crippen molar-refractivity contribution in [2.24, 2.45) is 5.92 Å². The van der Waals surface area contributed by atoms with E-state index >= 15 is 0 Å². The van der Waals surface area contributed by atoms with Gasteiger partial charge in [-0.2, -0.15) is 5.10 Å². The molecule has 1 aromatic carbocycles. The first-order valence-electron chi connectivity index (χ1n) is 7.22. The van der Waals surface area contributed by atoms with E-state index in [1.54, 1.807) is 23.0 Å². The predicted molar refractivity (Wildman–Crippen MR) is 86.5 cm³/mol. The van der Waals surface area contributed by atoms with Crippen LogP contribution in [0.3, 0.4) is 0 Å². The van der Waals surface area contributed by atoms with Crippen LogP contribution in [0.4, 0.5) is 0 Å². The molecule has 22 heavy (non-hydrogen) atoms. The molecular formula is C16H20ClN3O2. The molecule has 1 aromatic heterocycles. The first-order chi connectivity index (χ1) is 10.5. The molecule has 0 aliphatic carbocycles. The maximum atomic E-state index is 12.2. The Morgan fingerprint density at radius 1 is 1.50 bits per heavy atom. The normalized spacial score (nSPS) is 12.2. The standard InChI is InChI=1S/C16H20ClN3O2/c1-11(6-7-21)9-18-16(22)15-10-19-20(12(15)2)14-5-3-4-13(17)8-14/h3-5,8,10-11,21H,6-7,9H2,1-2H3,(H,18,22). The van der Waals surface area contributed by atoms with Crippen LogP contribution in [-0.2, 0) is 0 Å². The molecule has 0 saturated carbocycles. The third kappa shape index (κ3) is 3.87. The molecule has 0 radical (unpaired) electrons. The second-order valence-corrected chi connectivity index (χ2v) is 5.80. The van der Waals surface area contributed by atoms with Gasteiger partial charge in [0.2, 0.25) is 0 Å². The maximum absolute atomic E-state index is 12.2. The van der Waals surface area contributed by atoms with Crippen molar-refractivity contribution in [2.75, 3.05) is 13.2 Å². The van der Waals surface area contributed by atoms with Crippen LogP contribution in [0, 0.1) is 12.8 Å². The number of hydrogen-bond donors (Lipinski definition) is 2. The second kappa shape index (κ2) is 7.42. The number of nitrogens with one attached hydrogen (secondary N) is 1. The van der Waals surface area contributed by atoms with E-state index in [0.29, 0.717) is 23.6 Å². The van der Waals surface area contributed by atoms with Gasteiger partial charge in [0.15, 0.2) is 0 Å². The molecule has 2 N–H and O–H groups in total. The molecule has 1 atom stereocenters. The number of nitrogens with zero attached hydrogens (tertiary/aromatic N) is 2. The smallest absolute Gasteiger partial charge is 0.254 e. The van der Waals surface area contributed by atoms with Crippen molar-refractivity contribution < 1.29 is 9.90 Å². The van der Waals surface area contributed by atoms with Crippen molar-refractivity contribution in [1.82, 2.24) is 15.1 Å². The van der Waals surface area contributed by atoms with Crippen LogP contribution in [0.1, 0.15) is 29.4 Å². The molecule has 0 saturated heterocycles. The number of rotatable bonds is 6. The molecule has 0 bridgehead atoms. The summed E-state index contributed by atoms with van der Waals surface area (Å²) in [5.41, 5.74) is 2.11. The summed E-state index contributed by atoms with van der Waals surface area (Å²) in [4.78, 5) is 12.2. The van der Waals surface area contributed by atoms with E-state index < -0.39 is 0 Å². The molecule has 5 nitrogen and oxygen atoms in total. The lowest BCUT2D eigenvalue weighted by molar-refractivity contribution is 0.0945. The maximum Gasteiger partial charge on any atom is 0.254 e. The van der Waals surface area contributed by atoms with E-state index in [1.165, 1.54) is 0 Å². The fraction of sp³-hybridized carbons (Fsp3) is 0.375. The highest BCUT2D eigenvalue weighted by Gasteiger charge is 2.15. The number of amides is 1. The molecule has 1 amide bonds. The monoisotopic (exact) mass is 321 g/mol. The van der Waals surface area contributed by atoms with Crippen LogP contribution in [0.25, 0.3) is 5.69 Å². The fourth-order valence-corrected chi connectivity index (χ4v) is 2.37. The summed E-state index contributed by atoms with van der Waals surface area (Å²) in [5, 5.41) is 16.6. The predicted octanol–water partition coefficient (Wildman–Crippen LogP) is 2.58. The van der Waals surface area contributed by atoms with Gasteiger partial charge in [-0.15, -0.1) is 0 Å². The summed E-state index contributed by atoms with van der Waals surface area (Å²) >= 11 is 5.99. The SMILES string of the molecule is Cc1c(C(=O)NCC(C)CCO)cnn1-c1cccc(Cl)c1. The minimum atomic E-state index is -0.157. The van der Waals surface area contributed by atoms with Gasteiger partial charge >= 0.3 is 0 Å². The van der Waals surface area contributed by atoms with Crippen molar-refractivity contribution >= 4 is 17.5 Å². The zero-order valence-electron chi connectivity index (χ0n) is 12.7. The van der Waals surface area contributed by atoms with Crippen LogP contribution in [0.15, 0.2) is 30.5 Å². The van der Waals surface area contributed by atoms with Crippen molar-refractivity contribution in [2.45, 2.75) is 20.3 Å². The van der Waals surface area contributed by atoms with Crippen molar-refractivity contribution in [1.29, 1.82) is 0 Å². The number of aromatic nitrogens is 2. The highest BCUT2D eigenvalue weighted by atomic mass is 35.5. The Kier molecular flexibility index (Phi) is 5.57. The van der Waals surface area contributed by atoms with Gasteiger partial charge in [-0.25, -0.2) is 4.68 Å². The quantitative estimate of drug-likeness (QED) is 0.859. The first-order valence-corrected chi connectivity index (χ1v) is 7.60. The fourth-order valence-electron chi connectivity index (χ4n) is 2.19. The molecule has 0 aliphatic heterocycles. The number of carbonyl (C=O) groups excluding carboxylic acids is 1. The Balaban J connectivity index is 2.12. The van der Waals surface area contributed by atoms with Gasteiger partial charge in [0, 0.05) is 18.2 Å². The minimum Gasteiger partial charge on any atom is -0.396 e. The Bertz CT molecular complexity index is 655. The first kappa shape index (κ1) is 16.5. The summed E-state index contributed by atoms with van der Waals surface area (Å²) in [6.07, 6.45) is 2.23. The van der Waals surface area contributed by atoms with Crippen molar-refractivity contribution in [3.63, 3.8) is 0 Å². The third-order valence-corrected chi connectivity index (χ3v) is 3.78. The number of carbonyl (C=O) groups is 1. The molecule has 0 fully saturated rings. The Hall–Kier alpha value is -1.85. The molecule has 2 rings (SSSR count). The van der Waals surface area contributed by atoms with Crippen molar-refractivity contribution in [3.05, 3.63) is 46.7 Å².